The van der Waals surface area contributed by atoms with Gasteiger partial charge in [-0.2, -0.15) is 0 Å². The van der Waals surface area contributed by atoms with Crippen LogP contribution in [-0.2, 0) is 4.74 Å². The van der Waals surface area contributed by atoms with E-state index < -0.39 is 0 Å². The van der Waals surface area contributed by atoms with Crippen molar-refractivity contribution in [3.8, 4) is 5.75 Å². The molecule has 20 heavy (non-hydrogen) atoms. The number of ether oxygens (including phenoxy) is 2. The van der Waals surface area contributed by atoms with Gasteiger partial charge in [-0.25, -0.2) is 4.79 Å². The number of nitrogen functional groups attached to an aromatic ring is 1. The Morgan fingerprint density at radius 1 is 1.30 bits per heavy atom. The van der Waals surface area contributed by atoms with Crippen LogP contribution in [0.3, 0.4) is 0 Å². The van der Waals surface area contributed by atoms with E-state index in [1.807, 2.05) is 13.0 Å². The quantitative estimate of drug-likeness (QED) is 0.660. The van der Waals surface area contributed by atoms with Gasteiger partial charge in [0.25, 0.3) is 0 Å². The standard InChI is InChI=1S/C16H23NO3/c1-2-10-19-16(18)14-11-13(8-9-15(14)17)20-12-6-4-3-5-7-12/h8-9,11-12H,2-7,10,17H2,1H3. The van der Waals surface area contributed by atoms with Crippen LogP contribution in [0.1, 0.15) is 55.8 Å². The van der Waals surface area contributed by atoms with Crippen LogP contribution in [0.4, 0.5) is 5.69 Å². The Bertz CT molecular complexity index is 453. The zero-order chi connectivity index (χ0) is 14.4. The fourth-order valence-corrected chi connectivity index (χ4v) is 2.43. The first-order valence-electron chi connectivity index (χ1n) is 7.44. The van der Waals surface area contributed by atoms with E-state index in [9.17, 15) is 4.79 Å². The van der Waals surface area contributed by atoms with Gasteiger partial charge < -0.3 is 15.2 Å². The van der Waals surface area contributed by atoms with Gasteiger partial charge in [0.1, 0.15) is 5.75 Å². The molecule has 0 spiro atoms. The molecule has 4 heteroatoms. The summed E-state index contributed by atoms with van der Waals surface area (Å²) in [6.45, 7) is 2.37. The van der Waals surface area contributed by atoms with Crippen LogP contribution in [0.5, 0.6) is 5.75 Å². The molecule has 110 valence electrons. The molecule has 0 unspecified atom stereocenters. The van der Waals surface area contributed by atoms with E-state index in [1.165, 1.54) is 19.3 Å². The minimum absolute atomic E-state index is 0.256. The number of rotatable bonds is 5. The van der Waals surface area contributed by atoms with Crippen molar-refractivity contribution in [1.82, 2.24) is 0 Å². The highest BCUT2D eigenvalue weighted by atomic mass is 16.5. The highest BCUT2D eigenvalue weighted by Gasteiger charge is 2.17. The van der Waals surface area contributed by atoms with Gasteiger partial charge in [0, 0.05) is 5.69 Å². The van der Waals surface area contributed by atoms with Crippen molar-refractivity contribution in [2.24, 2.45) is 0 Å². The van der Waals surface area contributed by atoms with Gasteiger partial charge in [-0.1, -0.05) is 13.3 Å². The molecular weight excluding hydrogens is 254 g/mol. The Labute approximate surface area is 120 Å². The summed E-state index contributed by atoms with van der Waals surface area (Å²) in [5.74, 6) is 0.327. The van der Waals surface area contributed by atoms with Crippen LogP contribution in [-0.4, -0.2) is 18.7 Å². The maximum atomic E-state index is 11.9. The largest absolute Gasteiger partial charge is 0.490 e. The third kappa shape index (κ3) is 3.89. The summed E-state index contributed by atoms with van der Waals surface area (Å²) in [6.07, 6.45) is 6.93. The average molecular weight is 277 g/mol. The van der Waals surface area contributed by atoms with Crippen LogP contribution in [0.2, 0.25) is 0 Å². The highest BCUT2D eigenvalue weighted by molar-refractivity contribution is 5.95. The van der Waals surface area contributed by atoms with Crippen molar-refractivity contribution >= 4 is 11.7 Å². The predicted octanol–water partition coefficient (Wildman–Crippen LogP) is 3.55. The lowest BCUT2D eigenvalue weighted by atomic mass is 9.98. The zero-order valence-electron chi connectivity index (χ0n) is 12.1. The summed E-state index contributed by atoms with van der Waals surface area (Å²) in [7, 11) is 0. The van der Waals surface area contributed by atoms with Crippen molar-refractivity contribution < 1.29 is 14.3 Å². The number of carbonyl (C=O) groups excluding carboxylic acids is 1. The van der Waals surface area contributed by atoms with Gasteiger partial charge in [0.15, 0.2) is 0 Å². The van der Waals surface area contributed by atoms with Crippen LogP contribution in [0.15, 0.2) is 18.2 Å². The van der Waals surface area contributed by atoms with Crippen molar-refractivity contribution in [1.29, 1.82) is 0 Å². The number of anilines is 1. The van der Waals surface area contributed by atoms with Crippen LogP contribution >= 0.6 is 0 Å². The minimum atomic E-state index is -0.376. The summed E-state index contributed by atoms with van der Waals surface area (Å²) in [6, 6.07) is 5.23. The smallest absolute Gasteiger partial charge is 0.340 e. The summed E-state index contributed by atoms with van der Waals surface area (Å²) >= 11 is 0. The van der Waals surface area contributed by atoms with Gasteiger partial charge in [-0.3, -0.25) is 0 Å². The fourth-order valence-electron chi connectivity index (χ4n) is 2.43. The van der Waals surface area contributed by atoms with Crippen molar-refractivity contribution in [3.05, 3.63) is 23.8 Å². The molecule has 1 saturated carbocycles. The van der Waals surface area contributed by atoms with E-state index in [4.69, 9.17) is 15.2 Å². The molecule has 1 fully saturated rings. The second-order valence-electron chi connectivity index (χ2n) is 5.26. The zero-order valence-corrected chi connectivity index (χ0v) is 12.1. The molecule has 0 radical (unpaired) electrons. The van der Waals surface area contributed by atoms with Crippen molar-refractivity contribution in [2.45, 2.75) is 51.6 Å². The first-order valence-corrected chi connectivity index (χ1v) is 7.44. The van der Waals surface area contributed by atoms with E-state index in [1.54, 1.807) is 12.1 Å². The number of esters is 1. The number of carbonyl (C=O) groups is 1. The number of hydrogen-bond donors (Lipinski definition) is 1. The topological polar surface area (TPSA) is 61.5 Å². The van der Waals surface area contributed by atoms with Gasteiger partial charge in [-0.05, 0) is 50.3 Å². The van der Waals surface area contributed by atoms with Crippen LogP contribution < -0.4 is 10.5 Å². The summed E-state index contributed by atoms with van der Waals surface area (Å²) in [5, 5.41) is 0. The number of nitrogens with two attached hydrogens (primary N) is 1. The number of hydrogen-bond acceptors (Lipinski definition) is 4. The SMILES string of the molecule is CCCOC(=O)c1cc(OC2CCCCC2)ccc1N. The van der Waals surface area contributed by atoms with E-state index in [-0.39, 0.29) is 12.1 Å². The van der Waals surface area contributed by atoms with Crippen molar-refractivity contribution in [2.75, 3.05) is 12.3 Å². The lowest BCUT2D eigenvalue weighted by Gasteiger charge is -2.23. The Kier molecular flexibility index (Phi) is 5.27. The molecular formula is C16H23NO3. The minimum Gasteiger partial charge on any atom is -0.490 e. The van der Waals surface area contributed by atoms with Crippen molar-refractivity contribution in [3.63, 3.8) is 0 Å². The molecule has 0 saturated heterocycles. The summed E-state index contributed by atoms with van der Waals surface area (Å²) in [5.41, 5.74) is 6.67. The lowest BCUT2D eigenvalue weighted by Crippen LogP contribution is -2.20. The Balaban J connectivity index is 2.05. The van der Waals surface area contributed by atoms with Crippen LogP contribution in [0.25, 0.3) is 0 Å². The molecule has 1 aliphatic carbocycles. The molecule has 0 aromatic heterocycles. The monoisotopic (exact) mass is 277 g/mol. The molecule has 2 rings (SSSR count). The fraction of sp³-hybridized carbons (Fsp3) is 0.562. The first kappa shape index (κ1) is 14.7. The van der Waals surface area contributed by atoms with Gasteiger partial charge in [-0.15, -0.1) is 0 Å². The van der Waals surface area contributed by atoms with Gasteiger partial charge in [0.05, 0.1) is 18.3 Å². The second kappa shape index (κ2) is 7.17. The first-order chi connectivity index (χ1) is 9.70. The van der Waals surface area contributed by atoms with E-state index in [0.717, 1.165) is 19.3 Å². The van der Waals surface area contributed by atoms with E-state index in [2.05, 4.69) is 0 Å². The normalized spacial score (nSPS) is 15.8. The Morgan fingerprint density at radius 3 is 2.75 bits per heavy atom. The van der Waals surface area contributed by atoms with Gasteiger partial charge in [0.2, 0.25) is 0 Å². The summed E-state index contributed by atoms with van der Waals surface area (Å²) < 4.78 is 11.1. The molecule has 0 heterocycles. The predicted molar refractivity (Wildman–Crippen MR) is 78.9 cm³/mol. The average Bonchev–Trinajstić information content (AvgIpc) is 2.48. The Hall–Kier alpha value is -1.71. The molecule has 1 aromatic carbocycles. The Morgan fingerprint density at radius 2 is 2.05 bits per heavy atom. The molecule has 0 bridgehead atoms. The summed E-state index contributed by atoms with van der Waals surface area (Å²) in [4.78, 5) is 11.9. The third-order valence-electron chi connectivity index (χ3n) is 3.54. The molecule has 1 aliphatic rings. The highest BCUT2D eigenvalue weighted by Crippen LogP contribution is 2.26. The molecule has 1 aromatic rings. The van der Waals surface area contributed by atoms with Gasteiger partial charge >= 0.3 is 5.97 Å². The molecule has 4 nitrogen and oxygen atoms in total. The maximum Gasteiger partial charge on any atom is 0.340 e. The third-order valence-corrected chi connectivity index (χ3v) is 3.54. The van der Waals surface area contributed by atoms with E-state index >= 15 is 0 Å². The molecule has 2 N–H and O–H groups in total. The second-order valence-corrected chi connectivity index (χ2v) is 5.26. The number of benzene rings is 1. The lowest BCUT2D eigenvalue weighted by molar-refractivity contribution is 0.0505. The molecule has 0 amide bonds. The van der Waals surface area contributed by atoms with Crippen LogP contribution in [0, 0.1) is 0 Å². The molecule has 0 aliphatic heterocycles. The molecule has 0 atom stereocenters. The van der Waals surface area contributed by atoms with E-state index in [0.29, 0.717) is 23.6 Å². The maximum absolute atomic E-state index is 11.9.